The van der Waals surface area contributed by atoms with Crippen LogP contribution >= 0.6 is 22.6 Å². The molecule has 0 aliphatic carbocycles. The Morgan fingerprint density at radius 3 is 2.83 bits per heavy atom. The van der Waals surface area contributed by atoms with Gasteiger partial charge in [-0.1, -0.05) is 18.2 Å². The monoisotopic (exact) mass is 436 g/mol. The van der Waals surface area contributed by atoms with Gasteiger partial charge in [0.25, 0.3) is 0 Å². The molecule has 0 unspecified atom stereocenters. The van der Waals surface area contributed by atoms with E-state index in [4.69, 9.17) is 5.11 Å². The van der Waals surface area contributed by atoms with Gasteiger partial charge in [-0.3, -0.25) is 4.79 Å². The fourth-order valence-corrected chi connectivity index (χ4v) is 2.99. The van der Waals surface area contributed by atoms with E-state index in [9.17, 15) is 4.79 Å². The number of hydrogen-bond acceptors (Lipinski definition) is 4. The van der Waals surface area contributed by atoms with Crippen molar-refractivity contribution < 1.29 is 9.90 Å². The van der Waals surface area contributed by atoms with E-state index in [-0.39, 0.29) is 19.1 Å². The second kappa shape index (κ2) is 7.63. The van der Waals surface area contributed by atoms with Gasteiger partial charge in [0.1, 0.15) is 6.54 Å². The van der Waals surface area contributed by atoms with Crippen molar-refractivity contribution in [2.45, 2.75) is 6.54 Å². The van der Waals surface area contributed by atoms with Gasteiger partial charge in [-0.15, -0.1) is 0 Å². The Morgan fingerprint density at radius 1 is 1.21 bits per heavy atom. The van der Waals surface area contributed by atoms with Gasteiger partial charge in [-0.05, 0) is 52.9 Å². The molecule has 0 aliphatic heterocycles. The fourth-order valence-electron chi connectivity index (χ4n) is 2.45. The van der Waals surface area contributed by atoms with Gasteiger partial charge in [-0.2, -0.15) is 0 Å². The molecule has 6 nitrogen and oxygen atoms in total. The summed E-state index contributed by atoms with van der Waals surface area (Å²) in [7, 11) is 0. The molecule has 1 heterocycles. The van der Waals surface area contributed by atoms with Crippen molar-refractivity contribution in [3.05, 3.63) is 52.1 Å². The number of amides is 1. The number of benzene rings is 2. The molecular formula is C17H17IN4O2. The zero-order valence-electron chi connectivity index (χ0n) is 12.9. The molecule has 1 aromatic heterocycles. The second-order valence-electron chi connectivity index (χ2n) is 5.22. The van der Waals surface area contributed by atoms with Gasteiger partial charge in [-0.25, -0.2) is 4.98 Å². The Labute approximate surface area is 153 Å². The molecule has 0 radical (unpaired) electrons. The van der Waals surface area contributed by atoms with Crippen LogP contribution < -0.4 is 10.6 Å². The minimum absolute atomic E-state index is 0.00213. The summed E-state index contributed by atoms with van der Waals surface area (Å²) in [5, 5.41) is 15.0. The van der Waals surface area contributed by atoms with E-state index >= 15 is 0 Å². The van der Waals surface area contributed by atoms with Gasteiger partial charge in [0.2, 0.25) is 11.9 Å². The van der Waals surface area contributed by atoms with Crippen LogP contribution in [0.3, 0.4) is 0 Å². The second-order valence-corrected chi connectivity index (χ2v) is 6.46. The number of carbonyl (C=O) groups excluding carboxylic acids is 1. The number of para-hydroxylation sites is 2. The largest absolute Gasteiger partial charge is 0.395 e. The van der Waals surface area contributed by atoms with E-state index in [1.807, 2.05) is 53.1 Å². The first-order valence-electron chi connectivity index (χ1n) is 7.53. The molecule has 24 heavy (non-hydrogen) atoms. The molecule has 0 saturated carbocycles. The molecule has 3 N–H and O–H groups in total. The molecule has 0 spiro atoms. The van der Waals surface area contributed by atoms with E-state index in [1.165, 1.54) is 0 Å². The van der Waals surface area contributed by atoms with E-state index in [0.717, 1.165) is 20.3 Å². The maximum Gasteiger partial charge on any atom is 0.244 e. The molecule has 0 atom stereocenters. The average Bonchev–Trinajstić information content (AvgIpc) is 2.90. The van der Waals surface area contributed by atoms with Crippen molar-refractivity contribution in [2.75, 3.05) is 23.8 Å². The molecule has 3 aromatic rings. The molecule has 0 bridgehead atoms. The van der Waals surface area contributed by atoms with Crippen LogP contribution in [0.4, 0.5) is 11.6 Å². The summed E-state index contributed by atoms with van der Waals surface area (Å²) in [6.45, 7) is 0.513. The molecule has 2 aromatic carbocycles. The number of carbonyl (C=O) groups is 1. The Morgan fingerprint density at radius 2 is 2.04 bits per heavy atom. The number of aliphatic hydroxyl groups excluding tert-OH is 1. The maximum absolute atomic E-state index is 12.4. The van der Waals surface area contributed by atoms with Crippen LogP contribution in [0.2, 0.25) is 0 Å². The number of rotatable bonds is 6. The molecule has 7 heteroatoms. The normalized spacial score (nSPS) is 10.8. The lowest BCUT2D eigenvalue weighted by atomic mass is 10.3. The highest BCUT2D eigenvalue weighted by Crippen LogP contribution is 2.20. The lowest BCUT2D eigenvalue weighted by molar-refractivity contribution is -0.116. The summed E-state index contributed by atoms with van der Waals surface area (Å²) in [5.41, 5.74) is 2.44. The highest BCUT2D eigenvalue weighted by Gasteiger charge is 2.13. The summed E-state index contributed by atoms with van der Waals surface area (Å²) < 4.78 is 2.87. The standard InChI is InChI=1S/C17H17IN4O2/c18-12-4-3-5-13(10-12)20-16(24)11-22-15-7-2-1-6-14(15)21-17(22)19-8-9-23/h1-7,10,23H,8-9,11H2,(H,19,21)(H,20,24). The number of fused-ring (bicyclic) bond motifs is 1. The average molecular weight is 436 g/mol. The van der Waals surface area contributed by atoms with Crippen molar-refractivity contribution in [1.82, 2.24) is 9.55 Å². The van der Waals surface area contributed by atoms with E-state index in [1.54, 1.807) is 0 Å². The number of anilines is 2. The van der Waals surface area contributed by atoms with Gasteiger partial charge in [0.05, 0.1) is 17.6 Å². The summed E-state index contributed by atoms with van der Waals surface area (Å²) in [5.74, 6) is 0.440. The third-order valence-electron chi connectivity index (χ3n) is 3.46. The molecule has 1 amide bonds. The van der Waals surface area contributed by atoms with Crippen LogP contribution in [-0.2, 0) is 11.3 Å². The predicted molar refractivity (Wildman–Crippen MR) is 103 cm³/mol. The first kappa shape index (κ1) is 16.7. The van der Waals surface area contributed by atoms with Crippen molar-refractivity contribution in [1.29, 1.82) is 0 Å². The summed E-state index contributed by atoms with van der Waals surface area (Å²) >= 11 is 2.21. The summed E-state index contributed by atoms with van der Waals surface area (Å²) in [6.07, 6.45) is 0. The summed E-state index contributed by atoms with van der Waals surface area (Å²) in [4.78, 5) is 16.9. The number of nitrogens with one attached hydrogen (secondary N) is 2. The maximum atomic E-state index is 12.4. The fraction of sp³-hybridized carbons (Fsp3) is 0.176. The lowest BCUT2D eigenvalue weighted by Gasteiger charge is -2.11. The number of imidazole rings is 1. The first-order valence-corrected chi connectivity index (χ1v) is 8.60. The number of hydrogen-bond donors (Lipinski definition) is 3. The molecule has 3 rings (SSSR count). The van der Waals surface area contributed by atoms with Gasteiger partial charge in [0.15, 0.2) is 0 Å². The van der Waals surface area contributed by atoms with E-state index in [0.29, 0.717) is 12.5 Å². The molecule has 0 aliphatic rings. The zero-order valence-corrected chi connectivity index (χ0v) is 15.0. The predicted octanol–water partition coefficient (Wildman–Crippen LogP) is 2.68. The molecule has 124 valence electrons. The number of aromatic nitrogens is 2. The van der Waals surface area contributed by atoms with Crippen LogP contribution in [0.15, 0.2) is 48.5 Å². The van der Waals surface area contributed by atoms with Crippen LogP contribution in [0.5, 0.6) is 0 Å². The SMILES string of the molecule is O=C(Cn1c(NCCO)nc2ccccc21)Nc1cccc(I)c1. The van der Waals surface area contributed by atoms with Crippen LogP contribution in [0.1, 0.15) is 0 Å². The number of nitrogens with zero attached hydrogens (tertiary/aromatic N) is 2. The number of aliphatic hydroxyl groups is 1. The van der Waals surface area contributed by atoms with Gasteiger partial charge >= 0.3 is 0 Å². The van der Waals surface area contributed by atoms with E-state index < -0.39 is 0 Å². The highest BCUT2D eigenvalue weighted by atomic mass is 127. The Bertz CT molecular complexity index is 863. The minimum Gasteiger partial charge on any atom is -0.395 e. The Hall–Kier alpha value is -2.13. The van der Waals surface area contributed by atoms with Gasteiger partial charge in [0, 0.05) is 15.8 Å². The van der Waals surface area contributed by atoms with E-state index in [2.05, 4.69) is 38.2 Å². The highest BCUT2D eigenvalue weighted by molar-refractivity contribution is 14.1. The van der Waals surface area contributed by atoms with Crippen molar-refractivity contribution >= 4 is 51.2 Å². The van der Waals surface area contributed by atoms with Crippen molar-refractivity contribution in [2.24, 2.45) is 0 Å². The molecule has 0 saturated heterocycles. The first-order chi connectivity index (χ1) is 11.7. The summed E-state index contributed by atoms with van der Waals surface area (Å²) in [6, 6.07) is 15.3. The number of halogens is 1. The third kappa shape index (κ3) is 3.85. The van der Waals surface area contributed by atoms with Crippen molar-refractivity contribution in [3.8, 4) is 0 Å². The Kier molecular flexibility index (Phi) is 5.31. The van der Waals surface area contributed by atoms with Gasteiger partial charge < -0.3 is 20.3 Å². The smallest absolute Gasteiger partial charge is 0.244 e. The zero-order chi connectivity index (χ0) is 16.9. The third-order valence-corrected chi connectivity index (χ3v) is 4.13. The Balaban J connectivity index is 1.83. The lowest BCUT2D eigenvalue weighted by Crippen LogP contribution is -2.21. The van der Waals surface area contributed by atoms with Crippen LogP contribution in [0.25, 0.3) is 11.0 Å². The van der Waals surface area contributed by atoms with Crippen molar-refractivity contribution in [3.63, 3.8) is 0 Å². The minimum atomic E-state index is -0.132. The topological polar surface area (TPSA) is 79.2 Å². The van der Waals surface area contributed by atoms with Crippen LogP contribution in [-0.4, -0.2) is 33.7 Å². The molecule has 0 fully saturated rings. The molecular weight excluding hydrogens is 419 g/mol. The van der Waals surface area contributed by atoms with Crippen LogP contribution in [0, 0.1) is 3.57 Å². The quantitative estimate of drug-likeness (QED) is 0.520.